The number of aromatic carboxylic acids is 1. The van der Waals surface area contributed by atoms with Crippen LogP contribution in [0.5, 0.6) is 0 Å². The SMILES string of the molecule is N#Cc1cc(C(F)F)nc(Cl)c1C(=O)O. The molecule has 0 spiro atoms. The third-order valence-electron chi connectivity index (χ3n) is 1.55. The summed E-state index contributed by atoms with van der Waals surface area (Å²) >= 11 is 5.38. The van der Waals surface area contributed by atoms with Crippen LogP contribution in [0.3, 0.4) is 0 Å². The Bertz CT molecular complexity index is 457. The quantitative estimate of drug-likeness (QED) is 0.794. The van der Waals surface area contributed by atoms with Crippen molar-refractivity contribution in [3.05, 3.63) is 28.0 Å². The van der Waals surface area contributed by atoms with Crippen LogP contribution in [0.15, 0.2) is 6.07 Å². The van der Waals surface area contributed by atoms with Gasteiger partial charge < -0.3 is 5.11 Å². The number of carboxylic acids is 1. The average molecular weight is 233 g/mol. The topological polar surface area (TPSA) is 74.0 Å². The molecule has 1 heterocycles. The summed E-state index contributed by atoms with van der Waals surface area (Å²) in [6.07, 6.45) is -2.91. The van der Waals surface area contributed by atoms with Crippen LogP contribution in [0.25, 0.3) is 0 Å². The van der Waals surface area contributed by atoms with Gasteiger partial charge in [0.15, 0.2) is 0 Å². The fourth-order valence-corrected chi connectivity index (χ4v) is 1.22. The Balaban J connectivity index is 3.46. The van der Waals surface area contributed by atoms with Gasteiger partial charge in [0.25, 0.3) is 6.43 Å². The van der Waals surface area contributed by atoms with Gasteiger partial charge in [-0.15, -0.1) is 0 Å². The molecule has 0 radical (unpaired) electrons. The number of hydrogen-bond acceptors (Lipinski definition) is 3. The molecule has 1 aromatic heterocycles. The molecular weight excluding hydrogens is 230 g/mol. The normalized spacial score (nSPS) is 10.1. The van der Waals surface area contributed by atoms with E-state index in [1.165, 1.54) is 6.07 Å². The van der Waals surface area contributed by atoms with E-state index in [4.69, 9.17) is 22.0 Å². The second kappa shape index (κ2) is 4.19. The van der Waals surface area contributed by atoms with Crippen molar-refractivity contribution in [3.8, 4) is 6.07 Å². The average Bonchev–Trinajstić information content (AvgIpc) is 2.15. The van der Waals surface area contributed by atoms with Crippen molar-refractivity contribution in [2.45, 2.75) is 6.43 Å². The molecule has 0 unspecified atom stereocenters. The smallest absolute Gasteiger partial charge is 0.340 e. The summed E-state index contributed by atoms with van der Waals surface area (Å²) in [4.78, 5) is 13.8. The number of alkyl halides is 2. The highest BCUT2D eigenvalue weighted by Gasteiger charge is 2.20. The van der Waals surface area contributed by atoms with Gasteiger partial charge in [-0.3, -0.25) is 0 Å². The van der Waals surface area contributed by atoms with Gasteiger partial charge in [-0.2, -0.15) is 5.26 Å². The summed E-state index contributed by atoms with van der Waals surface area (Å²) in [5.41, 5.74) is -1.72. The van der Waals surface area contributed by atoms with E-state index in [2.05, 4.69) is 4.98 Å². The number of aromatic nitrogens is 1. The molecular formula is C8H3ClF2N2O2. The summed E-state index contributed by atoms with van der Waals surface area (Å²) in [5, 5.41) is 16.6. The fourth-order valence-electron chi connectivity index (χ4n) is 0.936. The van der Waals surface area contributed by atoms with Crippen molar-refractivity contribution >= 4 is 17.6 Å². The number of carboxylic acid groups (broad SMARTS) is 1. The molecule has 7 heteroatoms. The molecule has 0 aliphatic heterocycles. The van der Waals surface area contributed by atoms with Crippen molar-refractivity contribution in [3.63, 3.8) is 0 Å². The lowest BCUT2D eigenvalue weighted by Crippen LogP contribution is -2.05. The summed E-state index contributed by atoms with van der Waals surface area (Å²) in [5.74, 6) is -1.48. The highest BCUT2D eigenvalue weighted by Crippen LogP contribution is 2.24. The number of nitrogens with zero attached hydrogens (tertiary/aromatic N) is 2. The van der Waals surface area contributed by atoms with Crippen molar-refractivity contribution in [1.29, 1.82) is 5.26 Å². The second-order valence-electron chi connectivity index (χ2n) is 2.48. The van der Waals surface area contributed by atoms with E-state index in [1.807, 2.05) is 0 Å². The zero-order valence-electron chi connectivity index (χ0n) is 7.04. The van der Waals surface area contributed by atoms with Gasteiger partial charge in [0.1, 0.15) is 22.5 Å². The highest BCUT2D eigenvalue weighted by atomic mass is 35.5. The molecule has 0 aliphatic rings. The van der Waals surface area contributed by atoms with Crippen molar-refractivity contribution in [1.82, 2.24) is 4.98 Å². The van der Waals surface area contributed by atoms with Crippen molar-refractivity contribution in [2.24, 2.45) is 0 Å². The maximum Gasteiger partial charge on any atom is 0.340 e. The molecule has 78 valence electrons. The standard InChI is InChI=1S/C8H3ClF2N2O2/c9-6-5(8(14)15)3(2-12)1-4(13-6)7(10)11/h1,7H,(H,14,15). The maximum atomic E-state index is 12.2. The molecule has 4 nitrogen and oxygen atoms in total. The molecule has 0 fully saturated rings. The van der Waals surface area contributed by atoms with Crippen LogP contribution in [0.4, 0.5) is 8.78 Å². The van der Waals surface area contributed by atoms with Gasteiger partial charge in [-0.05, 0) is 6.07 Å². The number of hydrogen-bond donors (Lipinski definition) is 1. The Kier molecular flexibility index (Phi) is 3.17. The van der Waals surface area contributed by atoms with Crippen molar-refractivity contribution in [2.75, 3.05) is 0 Å². The number of halogens is 3. The van der Waals surface area contributed by atoms with Crippen LogP contribution in [0.2, 0.25) is 5.15 Å². The van der Waals surface area contributed by atoms with E-state index in [1.54, 1.807) is 0 Å². The van der Waals surface area contributed by atoms with E-state index >= 15 is 0 Å². The minimum atomic E-state index is -2.91. The van der Waals surface area contributed by atoms with E-state index in [0.717, 1.165) is 0 Å². The molecule has 0 amide bonds. The first-order valence-corrected chi connectivity index (χ1v) is 3.97. The highest BCUT2D eigenvalue weighted by molar-refractivity contribution is 6.32. The minimum Gasteiger partial charge on any atom is -0.478 e. The third-order valence-corrected chi connectivity index (χ3v) is 1.83. The zero-order chi connectivity index (χ0) is 11.6. The van der Waals surface area contributed by atoms with E-state index in [9.17, 15) is 13.6 Å². The van der Waals surface area contributed by atoms with Crippen LogP contribution in [0.1, 0.15) is 28.0 Å². The summed E-state index contributed by atoms with van der Waals surface area (Å²) in [7, 11) is 0. The fraction of sp³-hybridized carbons (Fsp3) is 0.125. The van der Waals surface area contributed by atoms with Gasteiger partial charge in [-0.25, -0.2) is 18.6 Å². The molecule has 0 saturated heterocycles. The molecule has 1 N–H and O–H groups in total. The first-order chi connectivity index (χ1) is 6.97. The Morgan fingerprint density at radius 2 is 2.27 bits per heavy atom. The summed E-state index contributed by atoms with van der Waals surface area (Å²) in [6.45, 7) is 0. The lowest BCUT2D eigenvalue weighted by molar-refractivity contribution is 0.0695. The molecule has 1 rings (SSSR count). The van der Waals surface area contributed by atoms with Gasteiger partial charge in [0.2, 0.25) is 0 Å². The molecule has 1 aromatic rings. The summed E-state index contributed by atoms with van der Waals surface area (Å²) < 4.78 is 24.4. The van der Waals surface area contributed by atoms with Gasteiger partial charge >= 0.3 is 5.97 Å². The molecule has 0 aromatic carbocycles. The third kappa shape index (κ3) is 2.19. The lowest BCUT2D eigenvalue weighted by Gasteiger charge is -2.04. The van der Waals surface area contributed by atoms with E-state index in [0.29, 0.717) is 6.07 Å². The Morgan fingerprint density at radius 3 is 2.67 bits per heavy atom. The largest absolute Gasteiger partial charge is 0.478 e. The van der Waals surface area contributed by atoms with Gasteiger partial charge in [0.05, 0.1) is 5.56 Å². The molecule has 0 saturated carbocycles. The Morgan fingerprint density at radius 1 is 1.67 bits per heavy atom. The minimum absolute atomic E-state index is 0.433. The predicted octanol–water partition coefficient (Wildman–Crippen LogP) is 2.24. The van der Waals surface area contributed by atoms with Crippen LogP contribution >= 0.6 is 11.6 Å². The lowest BCUT2D eigenvalue weighted by atomic mass is 10.1. The zero-order valence-corrected chi connectivity index (χ0v) is 7.79. The van der Waals surface area contributed by atoms with E-state index in [-0.39, 0.29) is 0 Å². The predicted molar refractivity (Wildman–Crippen MR) is 45.9 cm³/mol. The number of nitriles is 1. The number of pyridine rings is 1. The van der Waals surface area contributed by atoms with Crippen LogP contribution < -0.4 is 0 Å². The first kappa shape index (κ1) is 11.3. The monoisotopic (exact) mass is 232 g/mol. The van der Waals surface area contributed by atoms with Crippen LogP contribution in [0, 0.1) is 11.3 Å². The van der Waals surface area contributed by atoms with Crippen LogP contribution in [-0.4, -0.2) is 16.1 Å². The molecule has 0 atom stereocenters. The van der Waals surface area contributed by atoms with Crippen LogP contribution in [-0.2, 0) is 0 Å². The molecule has 15 heavy (non-hydrogen) atoms. The van der Waals surface area contributed by atoms with Gasteiger partial charge in [0, 0.05) is 0 Å². The molecule has 0 aliphatic carbocycles. The number of carbonyl (C=O) groups is 1. The molecule has 0 bridgehead atoms. The second-order valence-corrected chi connectivity index (χ2v) is 2.84. The van der Waals surface area contributed by atoms with Crippen molar-refractivity contribution < 1.29 is 18.7 Å². The maximum absolute atomic E-state index is 12.2. The number of rotatable bonds is 2. The Labute approximate surface area is 87.7 Å². The van der Waals surface area contributed by atoms with Gasteiger partial charge in [-0.1, -0.05) is 11.6 Å². The Hall–Kier alpha value is -1.74. The van der Waals surface area contributed by atoms with E-state index < -0.39 is 34.4 Å². The summed E-state index contributed by atoms with van der Waals surface area (Å²) in [6, 6.07) is 2.18. The first-order valence-electron chi connectivity index (χ1n) is 3.59.